The fourth-order valence-corrected chi connectivity index (χ4v) is 4.19. The molecule has 29 heavy (non-hydrogen) atoms. The van der Waals surface area contributed by atoms with Crippen molar-refractivity contribution in [2.75, 3.05) is 5.32 Å². The van der Waals surface area contributed by atoms with Crippen LogP contribution in [0.15, 0.2) is 53.8 Å². The Morgan fingerprint density at radius 3 is 2.28 bits per heavy atom. The summed E-state index contributed by atoms with van der Waals surface area (Å²) in [7, 11) is -3.85. The number of sulfone groups is 1. The zero-order chi connectivity index (χ0) is 21.2. The molecule has 0 radical (unpaired) electrons. The summed E-state index contributed by atoms with van der Waals surface area (Å²) in [5, 5.41) is 2.30. The molecule has 150 valence electrons. The van der Waals surface area contributed by atoms with Crippen molar-refractivity contribution in [3.05, 3.63) is 81.6 Å². The molecule has 0 saturated carbocycles. The van der Waals surface area contributed by atoms with Crippen molar-refractivity contribution in [2.45, 2.75) is 31.7 Å². The first-order chi connectivity index (χ1) is 13.7. The average molecular weight is 430 g/mol. The number of hydrogen-bond donors (Lipinski definition) is 1. The predicted molar refractivity (Wildman–Crippen MR) is 113 cm³/mol. The molecular formula is C21H20ClN3O3S. The number of nitrogens with one attached hydrogen (secondary N) is 1. The van der Waals surface area contributed by atoms with Crippen LogP contribution >= 0.6 is 11.6 Å². The lowest BCUT2D eigenvalue weighted by molar-refractivity contribution is 0.102. The first kappa shape index (κ1) is 21.0. The lowest BCUT2D eigenvalue weighted by atomic mass is 10.1. The molecule has 0 unspecified atom stereocenters. The maximum Gasteiger partial charge on any atom is 0.276 e. The summed E-state index contributed by atoms with van der Waals surface area (Å²) in [5.41, 5.74) is 3.82. The number of amides is 1. The van der Waals surface area contributed by atoms with E-state index in [1.807, 2.05) is 51.1 Å². The van der Waals surface area contributed by atoms with Gasteiger partial charge < -0.3 is 5.32 Å². The minimum atomic E-state index is -3.85. The van der Waals surface area contributed by atoms with E-state index >= 15 is 0 Å². The Balaban J connectivity index is 1.91. The summed E-state index contributed by atoms with van der Waals surface area (Å²) in [5.74, 6) is -0.867. The average Bonchev–Trinajstić information content (AvgIpc) is 2.66. The van der Waals surface area contributed by atoms with Crippen LogP contribution in [-0.4, -0.2) is 24.3 Å². The molecule has 0 saturated heterocycles. The Labute approximate surface area is 174 Å². The first-order valence-corrected chi connectivity index (χ1v) is 10.9. The third kappa shape index (κ3) is 4.81. The molecule has 8 heteroatoms. The van der Waals surface area contributed by atoms with Gasteiger partial charge in [-0.05, 0) is 37.5 Å². The molecule has 1 aromatic heterocycles. The molecule has 1 amide bonds. The number of hydrogen-bond acceptors (Lipinski definition) is 5. The molecule has 3 aromatic rings. The lowest BCUT2D eigenvalue weighted by Crippen LogP contribution is -2.19. The maximum atomic E-state index is 12.7. The van der Waals surface area contributed by atoms with Crippen LogP contribution in [0, 0.1) is 20.8 Å². The Hall–Kier alpha value is -2.77. The van der Waals surface area contributed by atoms with Gasteiger partial charge in [0.15, 0.2) is 5.69 Å². The summed E-state index contributed by atoms with van der Waals surface area (Å²) >= 11 is 6.08. The fourth-order valence-electron chi connectivity index (χ4n) is 2.81. The summed E-state index contributed by atoms with van der Waals surface area (Å²) in [4.78, 5) is 20.5. The molecule has 0 fully saturated rings. The third-order valence-electron chi connectivity index (χ3n) is 4.41. The zero-order valence-corrected chi connectivity index (χ0v) is 17.8. The van der Waals surface area contributed by atoms with Gasteiger partial charge >= 0.3 is 0 Å². The Morgan fingerprint density at radius 2 is 1.66 bits per heavy atom. The van der Waals surface area contributed by atoms with Crippen LogP contribution in [0.25, 0.3) is 0 Å². The molecule has 1 N–H and O–H groups in total. The van der Waals surface area contributed by atoms with E-state index in [4.69, 9.17) is 11.6 Å². The minimum Gasteiger partial charge on any atom is -0.320 e. The highest BCUT2D eigenvalue weighted by molar-refractivity contribution is 7.90. The van der Waals surface area contributed by atoms with E-state index in [-0.39, 0.29) is 16.5 Å². The second-order valence-corrected chi connectivity index (χ2v) is 9.11. The summed E-state index contributed by atoms with van der Waals surface area (Å²) in [6.45, 7) is 5.64. The molecule has 6 nitrogen and oxygen atoms in total. The van der Waals surface area contributed by atoms with Gasteiger partial charge in [-0.25, -0.2) is 18.4 Å². The number of aryl methyl sites for hydroxylation is 3. The van der Waals surface area contributed by atoms with Crippen molar-refractivity contribution in [2.24, 2.45) is 0 Å². The van der Waals surface area contributed by atoms with Crippen LogP contribution < -0.4 is 5.32 Å². The van der Waals surface area contributed by atoms with E-state index < -0.39 is 20.9 Å². The van der Waals surface area contributed by atoms with Crippen LogP contribution in [0.3, 0.4) is 0 Å². The van der Waals surface area contributed by atoms with Gasteiger partial charge in [-0.1, -0.05) is 59.6 Å². The van der Waals surface area contributed by atoms with Crippen molar-refractivity contribution in [3.8, 4) is 0 Å². The number of halogens is 1. The van der Waals surface area contributed by atoms with E-state index in [1.54, 1.807) is 12.1 Å². The quantitative estimate of drug-likeness (QED) is 0.611. The summed E-state index contributed by atoms with van der Waals surface area (Å²) in [6.07, 6.45) is 1.14. The van der Waals surface area contributed by atoms with Gasteiger partial charge in [-0.3, -0.25) is 4.79 Å². The van der Waals surface area contributed by atoms with Crippen LogP contribution in [0.5, 0.6) is 0 Å². The van der Waals surface area contributed by atoms with Gasteiger partial charge in [0, 0.05) is 5.69 Å². The van der Waals surface area contributed by atoms with Gasteiger partial charge in [-0.15, -0.1) is 0 Å². The smallest absolute Gasteiger partial charge is 0.276 e. The number of aromatic nitrogens is 2. The largest absolute Gasteiger partial charge is 0.320 e. The topological polar surface area (TPSA) is 89.0 Å². The Morgan fingerprint density at radius 1 is 1.03 bits per heavy atom. The number of carbonyl (C=O) groups is 1. The Bertz CT molecular complexity index is 1160. The van der Waals surface area contributed by atoms with Crippen molar-refractivity contribution in [1.29, 1.82) is 0 Å². The van der Waals surface area contributed by atoms with Crippen molar-refractivity contribution in [1.82, 2.24) is 9.97 Å². The molecule has 0 atom stereocenters. The number of carbonyl (C=O) groups excluding carboxylic acids is 1. The highest BCUT2D eigenvalue weighted by atomic mass is 35.5. The SMILES string of the molecule is Cc1ccc(CS(=O)(=O)c2ncc(Cl)c(C(=O)Nc3c(C)cccc3C)n2)cc1. The van der Waals surface area contributed by atoms with Gasteiger partial charge in [0.2, 0.25) is 15.0 Å². The summed E-state index contributed by atoms with van der Waals surface area (Å²) < 4.78 is 25.5. The Kier molecular flexibility index (Phi) is 6.00. The zero-order valence-electron chi connectivity index (χ0n) is 16.2. The number of anilines is 1. The normalized spacial score (nSPS) is 11.3. The maximum absolute atomic E-state index is 12.7. The molecule has 0 bridgehead atoms. The number of para-hydroxylation sites is 1. The van der Waals surface area contributed by atoms with E-state index in [0.717, 1.165) is 22.9 Å². The first-order valence-electron chi connectivity index (χ1n) is 8.86. The number of nitrogens with zero attached hydrogens (tertiary/aromatic N) is 2. The molecule has 0 aliphatic rings. The molecule has 0 aliphatic carbocycles. The second-order valence-electron chi connectivity index (χ2n) is 6.81. The van der Waals surface area contributed by atoms with Gasteiger partial charge in [-0.2, -0.15) is 0 Å². The van der Waals surface area contributed by atoms with E-state index in [1.165, 1.54) is 0 Å². The van der Waals surface area contributed by atoms with Crippen molar-refractivity contribution in [3.63, 3.8) is 0 Å². The number of benzene rings is 2. The van der Waals surface area contributed by atoms with Gasteiger partial charge in [0.25, 0.3) is 5.91 Å². The fraction of sp³-hybridized carbons (Fsp3) is 0.190. The summed E-state index contributed by atoms with van der Waals surface area (Å²) in [6, 6.07) is 12.7. The molecule has 2 aromatic carbocycles. The monoisotopic (exact) mass is 429 g/mol. The number of rotatable bonds is 5. The van der Waals surface area contributed by atoms with Crippen molar-refractivity contribution >= 4 is 33.0 Å². The van der Waals surface area contributed by atoms with Crippen LogP contribution in [0.1, 0.15) is 32.7 Å². The predicted octanol–water partition coefficient (Wildman–Crippen LogP) is 4.28. The second kappa shape index (κ2) is 8.31. The standard InChI is InChI=1S/C21H20ClN3O3S/c1-13-7-9-16(10-8-13)12-29(27,28)21-23-11-17(22)19(25-21)20(26)24-18-14(2)5-4-6-15(18)3/h4-11H,12H2,1-3H3,(H,24,26). The van der Waals surface area contributed by atoms with Gasteiger partial charge in [0.1, 0.15) is 0 Å². The molecule has 0 aliphatic heterocycles. The molecule has 1 heterocycles. The van der Waals surface area contributed by atoms with Crippen molar-refractivity contribution < 1.29 is 13.2 Å². The van der Waals surface area contributed by atoms with E-state index in [2.05, 4.69) is 15.3 Å². The molecular weight excluding hydrogens is 410 g/mol. The highest BCUT2D eigenvalue weighted by Gasteiger charge is 2.23. The van der Waals surface area contributed by atoms with E-state index in [9.17, 15) is 13.2 Å². The third-order valence-corrected chi connectivity index (χ3v) is 6.16. The van der Waals surface area contributed by atoms with Crippen LogP contribution in [0.2, 0.25) is 5.02 Å². The minimum absolute atomic E-state index is 0.0250. The lowest BCUT2D eigenvalue weighted by Gasteiger charge is -2.12. The van der Waals surface area contributed by atoms with Crippen LogP contribution in [0.4, 0.5) is 5.69 Å². The van der Waals surface area contributed by atoms with Gasteiger partial charge in [0.05, 0.1) is 17.0 Å². The molecule has 3 rings (SSSR count). The highest BCUT2D eigenvalue weighted by Crippen LogP contribution is 2.23. The van der Waals surface area contributed by atoms with E-state index in [0.29, 0.717) is 11.3 Å². The molecule has 0 spiro atoms. The van der Waals surface area contributed by atoms with Crippen LogP contribution in [-0.2, 0) is 15.6 Å².